The van der Waals surface area contributed by atoms with E-state index in [0.717, 1.165) is 32.1 Å². The molecule has 0 bridgehead atoms. The molecule has 2 atom stereocenters. The average molecular weight is 766 g/mol. The van der Waals surface area contributed by atoms with Gasteiger partial charge >= 0.3 is 13.8 Å². The molecule has 0 aromatic carbocycles. The standard InChI is InChI=1S/C44H80NO7P/c1-3-5-7-9-11-13-15-17-19-20-21-22-23-25-27-29-31-33-35-37-44(46)52-43(42-51-53(47,48)50-40-38-45)41-49-39-36-34-32-30-28-26-24-18-16-14-12-10-8-6-4-2/h17,19,21-22,25,27,31,33,36,39,43H,3-16,18,20,23-24,26,28-30,32,34-35,37-38,40-42,45H2,1-2H3,(H,47,48). The van der Waals surface area contributed by atoms with Crippen molar-refractivity contribution < 1.29 is 32.8 Å². The normalized spacial score (nSPS) is 14.0. The van der Waals surface area contributed by atoms with E-state index in [1.807, 2.05) is 18.2 Å². The van der Waals surface area contributed by atoms with E-state index in [2.05, 4.69) is 50.3 Å². The van der Waals surface area contributed by atoms with E-state index in [1.165, 1.54) is 122 Å². The predicted octanol–water partition coefficient (Wildman–Crippen LogP) is 12.9. The summed E-state index contributed by atoms with van der Waals surface area (Å²) in [5, 5.41) is 0. The Kier molecular flexibility index (Phi) is 39.7. The molecule has 3 N–H and O–H groups in total. The number of allylic oxidation sites excluding steroid dienone is 9. The van der Waals surface area contributed by atoms with Crippen molar-refractivity contribution >= 4 is 13.8 Å². The van der Waals surface area contributed by atoms with Crippen LogP contribution in [0.1, 0.15) is 181 Å². The summed E-state index contributed by atoms with van der Waals surface area (Å²) in [4.78, 5) is 22.4. The first kappa shape index (κ1) is 51.0. The Morgan fingerprint density at radius 2 is 1.02 bits per heavy atom. The summed E-state index contributed by atoms with van der Waals surface area (Å²) in [5.74, 6) is -0.430. The molecule has 0 rings (SSSR count). The van der Waals surface area contributed by atoms with Crippen molar-refractivity contribution in [2.75, 3.05) is 26.4 Å². The number of carbonyl (C=O) groups is 1. The lowest BCUT2D eigenvalue weighted by atomic mass is 10.0. The van der Waals surface area contributed by atoms with Crippen LogP contribution in [0.3, 0.4) is 0 Å². The molecule has 9 heteroatoms. The third kappa shape index (κ3) is 41.1. The van der Waals surface area contributed by atoms with E-state index in [4.69, 9.17) is 24.3 Å². The van der Waals surface area contributed by atoms with E-state index >= 15 is 0 Å². The van der Waals surface area contributed by atoms with Gasteiger partial charge in [0.15, 0.2) is 6.10 Å². The van der Waals surface area contributed by atoms with E-state index in [9.17, 15) is 14.3 Å². The molecular weight excluding hydrogens is 685 g/mol. The number of esters is 1. The van der Waals surface area contributed by atoms with Gasteiger partial charge in [-0.2, -0.15) is 0 Å². The number of hydrogen-bond donors (Lipinski definition) is 2. The van der Waals surface area contributed by atoms with Gasteiger partial charge in [-0.3, -0.25) is 13.8 Å². The lowest BCUT2D eigenvalue weighted by Gasteiger charge is -2.19. The SMILES string of the molecule is CCCCCCCCC=CCC=CCC=CCC=CCCC(=O)OC(COC=CCCCCCCCCCCCCCCC)COP(=O)(O)OCCN. The Morgan fingerprint density at radius 1 is 0.585 bits per heavy atom. The van der Waals surface area contributed by atoms with Gasteiger partial charge in [0.25, 0.3) is 0 Å². The molecule has 0 aliphatic carbocycles. The summed E-state index contributed by atoms with van der Waals surface area (Å²) in [7, 11) is -4.31. The smallest absolute Gasteiger partial charge is 0.472 e. The molecule has 0 amide bonds. The van der Waals surface area contributed by atoms with Gasteiger partial charge in [-0.15, -0.1) is 0 Å². The first-order valence-electron chi connectivity index (χ1n) is 21.3. The summed E-state index contributed by atoms with van der Waals surface area (Å²) >= 11 is 0. The van der Waals surface area contributed by atoms with Crippen LogP contribution in [0.25, 0.3) is 0 Å². The second-order valence-electron chi connectivity index (χ2n) is 13.9. The highest BCUT2D eigenvalue weighted by atomic mass is 31.2. The zero-order valence-electron chi connectivity index (χ0n) is 34.0. The predicted molar refractivity (Wildman–Crippen MR) is 224 cm³/mol. The first-order valence-corrected chi connectivity index (χ1v) is 22.8. The molecule has 0 aliphatic rings. The van der Waals surface area contributed by atoms with Gasteiger partial charge in [0.05, 0.1) is 19.5 Å². The fourth-order valence-electron chi connectivity index (χ4n) is 5.62. The summed E-state index contributed by atoms with van der Waals surface area (Å²) in [5.41, 5.74) is 5.35. The molecule has 0 saturated heterocycles. The number of carbonyl (C=O) groups excluding carboxylic acids is 1. The van der Waals surface area contributed by atoms with Gasteiger partial charge < -0.3 is 20.1 Å². The Morgan fingerprint density at radius 3 is 1.51 bits per heavy atom. The van der Waals surface area contributed by atoms with Crippen LogP contribution < -0.4 is 5.73 Å². The van der Waals surface area contributed by atoms with Crippen LogP contribution in [-0.2, 0) is 27.9 Å². The van der Waals surface area contributed by atoms with Crippen molar-refractivity contribution in [1.29, 1.82) is 0 Å². The van der Waals surface area contributed by atoms with Crippen LogP contribution in [0.4, 0.5) is 0 Å². The molecule has 0 aliphatic heterocycles. The van der Waals surface area contributed by atoms with Gasteiger partial charge in [0, 0.05) is 13.0 Å². The Labute approximate surface area is 325 Å². The monoisotopic (exact) mass is 766 g/mol. The van der Waals surface area contributed by atoms with Crippen LogP contribution >= 0.6 is 7.82 Å². The van der Waals surface area contributed by atoms with Crippen LogP contribution in [0, 0.1) is 0 Å². The maximum absolute atomic E-state index is 12.5. The molecule has 2 unspecified atom stereocenters. The van der Waals surface area contributed by atoms with Gasteiger partial charge in [0.2, 0.25) is 0 Å². The third-order valence-electron chi connectivity index (χ3n) is 8.77. The van der Waals surface area contributed by atoms with Gasteiger partial charge in [-0.25, -0.2) is 4.57 Å². The maximum Gasteiger partial charge on any atom is 0.472 e. The van der Waals surface area contributed by atoms with E-state index in [0.29, 0.717) is 6.42 Å². The van der Waals surface area contributed by atoms with Crippen molar-refractivity contribution in [3.8, 4) is 0 Å². The lowest BCUT2D eigenvalue weighted by molar-refractivity contribution is -0.153. The Balaban J connectivity index is 4.22. The number of unbranched alkanes of at least 4 members (excludes halogenated alkanes) is 19. The quantitative estimate of drug-likeness (QED) is 0.0208. The molecule has 0 radical (unpaired) electrons. The molecule has 0 heterocycles. The molecule has 0 aromatic rings. The number of ether oxygens (including phenoxy) is 2. The maximum atomic E-state index is 12.5. The summed E-state index contributed by atoms with van der Waals surface area (Å²) in [6.07, 6.45) is 50.6. The highest BCUT2D eigenvalue weighted by molar-refractivity contribution is 7.47. The van der Waals surface area contributed by atoms with Crippen molar-refractivity contribution in [3.05, 3.63) is 60.9 Å². The van der Waals surface area contributed by atoms with E-state index in [1.54, 1.807) is 6.26 Å². The Hall–Kier alpha value is -1.96. The molecule has 0 fully saturated rings. The second-order valence-corrected chi connectivity index (χ2v) is 15.4. The average Bonchev–Trinajstić information content (AvgIpc) is 3.15. The lowest BCUT2D eigenvalue weighted by Crippen LogP contribution is -2.27. The zero-order chi connectivity index (χ0) is 38.8. The van der Waals surface area contributed by atoms with Gasteiger partial charge in [-0.05, 0) is 57.4 Å². The van der Waals surface area contributed by atoms with Crippen LogP contribution in [0.5, 0.6) is 0 Å². The summed E-state index contributed by atoms with van der Waals surface area (Å²) in [6, 6.07) is 0. The summed E-state index contributed by atoms with van der Waals surface area (Å²) in [6.45, 7) is 4.15. The number of hydrogen-bond acceptors (Lipinski definition) is 7. The number of phosphoric ester groups is 1. The molecule has 308 valence electrons. The topological polar surface area (TPSA) is 117 Å². The van der Waals surface area contributed by atoms with E-state index in [-0.39, 0.29) is 32.8 Å². The van der Waals surface area contributed by atoms with Crippen LogP contribution in [0.2, 0.25) is 0 Å². The minimum absolute atomic E-state index is 0.00228. The fourth-order valence-corrected chi connectivity index (χ4v) is 6.38. The minimum atomic E-state index is -4.31. The molecule has 0 saturated carbocycles. The molecular formula is C44H80NO7P. The highest BCUT2D eigenvalue weighted by Gasteiger charge is 2.25. The zero-order valence-corrected chi connectivity index (χ0v) is 34.9. The van der Waals surface area contributed by atoms with Crippen molar-refractivity contribution in [2.45, 2.75) is 187 Å². The summed E-state index contributed by atoms with van der Waals surface area (Å²) < 4.78 is 33.1. The van der Waals surface area contributed by atoms with Crippen LogP contribution in [0.15, 0.2) is 60.9 Å². The van der Waals surface area contributed by atoms with Crippen molar-refractivity contribution in [3.63, 3.8) is 0 Å². The molecule has 8 nitrogen and oxygen atoms in total. The van der Waals surface area contributed by atoms with Crippen LogP contribution in [-0.4, -0.2) is 43.3 Å². The minimum Gasteiger partial charge on any atom is -0.498 e. The molecule has 0 aromatic heterocycles. The van der Waals surface area contributed by atoms with Crippen molar-refractivity contribution in [1.82, 2.24) is 0 Å². The van der Waals surface area contributed by atoms with E-state index < -0.39 is 19.9 Å². The number of phosphoric acid groups is 1. The Bertz CT molecular complexity index is 994. The van der Waals surface area contributed by atoms with Gasteiger partial charge in [0.1, 0.15) is 6.61 Å². The highest BCUT2D eigenvalue weighted by Crippen LogP contribution is 2.43. The number of nitrogens with two attached hydrogens (primary N) is 1. The largest absolute Gasteiger partial charge is 0.498 e. The number of rotatable bonds is 40. The van der Waals surface area contributed by atoms with Gasteiger partial charge in [-0.1, -0.05) is 172 Å². The first-order chi connectivity index (χ1) is 25.9. The molecule has 0 spiro atoms. The second kappa shape index (κ2) is 41.2. The van der Waals surface area contributed by atoms with Crippen molar-refractivity contribution in [2.24, 2.45) is 5.73 Å². The molecule has 53 heavy (non-hydrogen) atoms. The third-order valence-corrected chi connectivity index (χ3v) is 9.75. The fraction of sp³-hybridized carbons (Fsp3) is 0.750.